The summed E-state index contributed by atoms with van der Waals surface area (Å²) in [5.74, 6) is -0.475. The van der Waals surface area contributed by atoms with Crippen LogP contribution in [-0.2, 0) is 21.4 Å². The van der Waals surface area contributed by atoms with Crippen molar-refractivity contribution in [3.63, 3.8) is 0 Å². The van der Waals surface area contributed by atoms with Crippen molar-refractivity contribution in [2.24, 2.45) is 0 Å². The number of nitrogens with one attached hydrogen (secondary N) is 1. The highest BCUT2D eigenvalue weighted by Gasteiger charge is 2.33. The van der Waals surface area contributed by atoms with Crippen LogP contribution in [-0.4, -0.2) is 31.5 Å². The van der Waals surface area contributed by atoms with Gasteiger partial charge in [0.15, 0.2) is 0 Å². The predicted molar refractivity (Wildman–Crippen MR) is 125 cm³/mol. The van der Waals surface area contributed by atoms with E-state index in [-0.39, 0.29) is 24.3 Å². The molecule has 1 amide bonds. The molecule has 8 nitrogen and oxygen atoms in total. The molecular formula is C23H25N3O5S. The predicted octanol–water partition coefficient (Wildman–Crippen LogP) is 3.92. The summed E-state index contributed by atoms with van der Waals surface area (Å²) in [7, 11) is -3.90. The van der Waals surface area contributed by atoms with Crippen LogP contribution in [0.4, 0.5) is 11.4 Å². The number of sulfonamides is 1. The first-order valence-electron chi connectivity index (χ1n) is 10.1. The summed E-state index contributed by atoms with van der Waals surface area (Å²) >= 11 is 0. The van der Waals surface area contributed by atoms with Crippen LogP contribution < -0.4 is 9.62 Å². The van der Waals surface area contributed by atoms with Gasteiger partial charge in [-0.15, -0.1) is 0 Å². The Morgan fingerprint density at radius 1 is 1.09 bits per heavy atom. The van der Waals surface area contributed by atoms with Crippen molar-refractivity contribution < 1.29 is 18.1 Å². The van der Waals surface area contributed by atoms with Gasteiger partial charge in [0.2, 0.25) is 15.9 Å². The Balaban J connectivity index is 1.89. The molecule has 168 valence electrons. The number of anilines is 1. The Kier molecular flexibility index (Phi) is 6.78. The Morgan fingerprint density at radius 2 is 1.78 bits per heavy atom. The molecular weight excluding hydrogens is 430 g/mol. The van der Waals surface area contributed by atoms with Gasteiger partial charge in [-0.3, -0.25) is 19.2 Å². The van der Waals surface area contributed by atoms with Crippen molar-refractivity contribution in [3.8, 4) is 0 Å². The first-order chi connectivity index (χ1) is 15.1. The third-order valence-corrected chi connectivity index (χ3v) is 6.42. The van der Waals surface area contributed by atoms with Crippen LogP contribution in [0, 0.1) is 17.0 Å². The minimum absolute atomic E-state index is 0.120. The second-order valence-corrected chi connectivity index (χ2v) is 9.47. The minimum atomic E-state index is -3.90. The molecule has 32 heavy (non-hydrogen) atoms. The number of benzene rings is 3. The number of rotatable bonds is 8. The fourth-order valence-electron chi connectivity index (χ4n) is 3.64. The molecule has 0 aliphatic rings. The molecule has 1 atom stereocenters. The van der Waals surface area contributed by atoms with Gasteiger partial charge in [-0.05, 0) is 41.3 Å². The molecule has 0 aliphatic carbocycles. The van der Waals surface area contributed by atoms with Gasteiger partial charge in [0.05, 0.1) is 16.9 Å². The summed E-state index contributed by atoms with van der Waals surface area (Å²) in [6, 6.07) is 16.6. The van der Waals surface area contributed by atoms with Crippen molar-refractivity contribution >= 4 is 38.1 Å². The van der Waals surface area contributed by atoms with Crippen LogP contribution in [0.15, 0.2) is 60.7 Å². The van der Waals surface area contributed by atoms with Crippen LogP contribution in [0.5, 0.6) is 0 Å². The number of aryl methyl sites for hydroxylation is 1. The Bertz CT molecular complexity index is 1270. The molecule has 0 aromatic heterocycles. The van der Waals surface area contributed by atoms with Crippen LogP contribution in [0.2, 0.25) is 0 Å². The number of carbonyl (C=O) groups is 1. The maximum atomic E-state index is 13.1. The van der Waals surface area contributed by atoms with Crippen LogP contribution in [0.25, 0.3) is 10.8 Å². The molecule has 3 aromatic carbocycles. The number of carbonyl (C=O) groups excluding carboxylic acids is 1. The zero-order valence-electron chi connectivity index (χ0n) is 18.1. The van der Waals surface area contributed by atoms with Gasteiger partial charge in [-0.2, -0.15) is 0 Å². The summed E-state index contributed by atoms with van der Waals surface area (Å²) in [6.45, 7) is 3.58. The highest BCUT2D eigenvalue weighted by atomic mass is 32.2. The summed E-state index contributed by atoms with van der Waals surface area (Å²) in [4.78, 5) is 23.7. The molecule has 9 heteroatoms. The zero-order chi connectivity index (χ0) is 23.5. The SMILES string of the molecule is CC[C@H](C(=O)NCc1ccc2ccccc2c1)N(c1cc([N+](=O)[O-])ccc1C)S(C)(=O)=O. The van der Waals surface area contributed by atoms with Crippen molar-refractivity contribution in [1.29, 1.82) is 0 Å². The lowest BCUT2D eigenvalue weighted by atomic mass is 10.1. The number of non-ortho nitro benzene ring substituents is 1. The number of hydrogen-bond acceptors (Lipinski definition) is 5. The monoisotopic (exact) mass is 455 g/mol. The normalized spacial score (nSPS) is 12.3. The van der Waals surface area contributed by atoms with Crippen molar-refractivity contribution in [2.75, 3.05) is 10.6 Å². The first kappa shape index (κ1) is 23.2. The summed E-state index contributed by atoms with van der Waals surface area (Å²) in [6.07, 6.45) is 1.18. The molecule has 1 N–H and O–H groups in total. The third-order valence-electron chi connectivity index (χ3n) is 5.25. The second kappa shape index (κ2) is 9.35. The van der Waals surface area contributed by atoms with E-state index in [1.807, 2.05) is 42.5 Å². The first-order valence-corrected chi connectivity index (χ1v) is 12.0. The molecule has 0 bridgehead atoms. The number of fused-ring (bicyclic) bond motifs is 1. The maximum absolute atomic E-state index is 13.1. The highest BCUT2D eigenvalue weighted by Crippen LogP contribution is 2.30. The summed E-state index contributed by atoms with van der Waals surface area (Å²) < 4.78 is 26.3. The smallest absolute Gasteiger partial charge is 0.271 e. The number of nitro groups is 1. The minimum Gasteiger partial charge on any atom is -0.350 e. The summed E-state index contributed by atoms with van der Waals surface area (Å²) in [5.41, 5.74) is 1.27. The second-order valence-electron chi connectivity index (χ2n) is 7.61. The number of nitro benzene ring substituents is 1. The lowest BCUT2D eigenvalue weighted by molar-refractivity contribution is -0.384. The van der Waals surface area contributed by atoms with Gasteiger partial charge < -0.3 is 5.32 Å². The number of hydrogen-bond donors (Lipinski definition) is 1. The van der Waals surface area contributed by atoms with Gasteiger partial charge in [0, 0.05) is 18.7 Å². The molecule has 0 unspecified atom stereocenters. The molecule has 0 spiro atoms. The standard InChI is InChI=1S/C23H25N3O5S/c1-4-21(23(27)24-15-17-10-11-18-7-5-6-8-19(18)13-17)25(32(3,30)31)22-14-20(26(28)29)12-9-16(22)2/h5-14,21H,4,15H2,1-3H3,(H,24,27)/t21-/m1/s1. The molecule has 0 heterocycles. The van der Waals surface area contributed by atoms with E-state index in [1.54, 1.807) is 13.8 Å². The number of nitrogens with zero attached hydrogens (tertiary/aromatic N) is 2. The van der Waals surface area contributed by atoms with Gasteiger partial charge in [-0.25, -0.2) is 8.42 Å². The van der Waals surface area contributed by atoms with E-state index in [4.69, 9.17) is 0 Å². The van der Waals surface area contributed by atoms with E-state index in [0.29, 0.717) is 5.56 Å². The highest BCUT2D eigenvalue weighted by molar-refractivity contribution is 7.92. The Morgan fingerprint density at radius 3 is 2.41 bits per heavy atom. The molecule has 0 aliphatic heterocycles. The lowest BCUT2D eigenvalue weighted by Crippen LogP contribution is -2.49. The summed E-state index contributed by atoms with van der Waals surface area (Å²) in [5, 5.41) is 16.2. The van der Waals surface area contributed by atoms with E-state index in [0.717, 1.165) is 26.9 Å². The van der Waals surface area contributed by atoms with Crippen molar-refractivity contribution in [1.82, 2.24) is 5.32 Å². The van der Waals surface area contributed by atoms with Gasteiger partial charge in [0.1, 0.15) is 6.04 Å². The Hall–Kier alpha value is -3.46. The van der Waals surface area contributed by atoms with E-state index in [9.17, 15) is 23.3 Å². The molecule has 3 rings (SSSR count). The van der Waals surface area contributed by atoms with E-state index >= 15 is 0 Å². The van der Waals surface area contributed by atoms with Gasteiger partial charge in [0.25, 0.3) is 5.69 Å². The third kappa shape index (κ3) is 5.05. The fraction of sp³-hybridized carbons (Fsp3) is 0.261. The van der Waals surface area contributed by atoms with Crippen LogP contribution in [0.3, 0.4) is 0 Å². The quantitative estimate of drug-likeness (QED) is 0.409. The molecule has 0 saturated heterocycles. The fourth-order valence-corrected chi connectivity index (χ4v) is 4.90. The van der Waals surface area contributed by atoms with Crippen molar-refractivity contribution in [3.05, 3.63) is 81.9 Å². The van der Waals surface area contributed by atoms with Gasteiger partial charge in [-0.1, -0.05) is 49.4 Å². The van der Waals surface area contributed by atoms with Crippen LogP contribution in [0.1, 0.15) is 24.5 Å². The van der Waals surface area contributed by atoms with E-state index in [1.165, 1.54) is 18.2 Å². The van der Waals surface area contributed by atoms with E-state index in [2.05, 4.69) is 5.32 Å². The topological polar surface area (TPSA) is 110 Å². The molecule has 0 fully saturated rings. The average Bonchev–Trinajstić information content (AvgIpc) is 2.75. The Labute approximate surface area is 187 Å². The largest absolute Gasteiger partial charge is 0.350 e. The van der Waals surface area contributed by atoms with Crippen LogP contribution >= 0.6 is 0 Å². The van der Waals surface area contributed by atoms with Gasteiger partial charge >= 0.3 is 0 Å². The molecule has 0 radical (unpaired) electrons. The molecule has 3 aromatic rings. The molecule has 0 saturated carbocycles. The number of amides is 1. The average molecular weight is 456 g/mol. The van der Waals surface area contributed by atoms with Crippen molar-refractivity contribution in [2.45, 2.75) is 32.9 Å². The zero-order valence-corrected chi connectivity index (χ0v) is 18.9. The van der Waals surface area contributed by atoms with E-state index < -0.39 is 26.9 Å². The maximum Gasteiger partial charge on any atom is 0.271 e. The lowest BCUT2D eigenvalue weighted by Gasteiger charge is -2.31.